The van der Waals surface area contributed by atoms with Crippen LogP contribution >= 0.6 is 11.6 Å². The maximum Gasteiger partial charge on any atom is 0.353 e. The number of esters is 1. The Morgan fingerprint density at radius 1 is 1.30 bits per heavy atom. The van der Waals surface area contributed by atoms with Crippen molar-refractivity contribution in [3.05, 3.63) is 39.8 Å². The first-order valence-electron chi connectivity index (χ1n) is 5.92. The Labute approximate surface area is 122 Å². The number of carbonyl (C=O) groups excluding carboxylic acids is 1. The molecule has 0 aromatic heterocycles. The Hall–Kier alpha value is -1.37. The zero-order valence-electron chi connectivity index (χ0n) is 10.9. The van der Waals surface area contributed by atoms with Crippen molar-refractivity contribution in [2.75, 3.05) is 6.61 Å². The molecule has 1 aromatic rings. The van der Waals surface area contributed by atoms with Crippen molar-refractivity contribution in [2.45, 2.75) is 25.0 Å². The molecule has 108 valence electrons. The van der Waals surface area contributed by atoms with Gasteiger partial charge < -0.3 is 9.47 Å². The van der Waals surface area contributed by atoms with E-state index >= 15 is 0 Å². The van der Waals surface area contributed by atoms with Gasteiger partial charge >= 0.3 is 5.97 Å². The van der Waals surface area contributed by atoms with Crippen molar-refractivity contribution in [3.8, 4) is 0 Å². The van der Waals surface area contributed by atoms with Crippen LogP contribution in [0.25, 0.3) is 0 Å². The van der Waals surface area contributed by atoms with E-state index < -0.39 is 27.1 Å². The van der Waals surface area contributed by atoms with Crippen LogP contribution in [0.3, 0.4) is 0 Å². The average Bonchev–Trinajstić information content (AvgIpc) is 2.66. The highest BCUT2D eigenvalue weighted by molar-refractivity contribution is 7.95. The number of hydrogen-bond donors (Lipinski definition) is 0. The summed E-state index contributed by atoms with van der Waals surface area (Å²) in [7, 11) is -3.93. The third-order valence-corrected chi connectivity index (χ3v) is 5.10. The molecule has 0 N–H and O–H groups in total. The molecule has 1 unspecified atom stereocenters. The number of cyclic esters (lactones) is 1. The van der Waals surface area contributed by atoms with Gasteiger partial charge in [0, 0.05) is 6.61 Å². The van der Waals surface area contributed by atoms with E-state index in [1.165, 1.54) is 12.1 Å². The summed E-state index contributed by atoms with van der Waals surface area (Å²) in [5.74, 6) is -0.893. The Morgan fingerprint density at radius 3 is 2.45 bits per heavy atom. The minimum atomic E-state index is -3.93. The second kappa shape index (κ2) is 5.55. The first-order chi connectivity index (χ1) is 9.37. The van der Waals surface area contributed by atoms with Crippen LogP contribution in [0, 0.1) is 6.92 Å². The van der Waals surface area contributed by atoms with E-state index in [1.54, 1.807) is 19.1 Å². The highest BCUT2D eigenvalue weighted by Gasteiger charge is 2.42. The molecule has 0 fully saturated rings. The van der Waals surface area contributed by atoms with Crippen LogP contribution in [0.5, 0.6) is 0 Å². The summed E-state index contributed by atoms with van der Waals surface area (Å²) in [6.45, 7) is 3.69. The Bertz CT molecular complexity index is 661. The second-order valence-corrected chi connectivity index (χ2v) is 6.48. The summed E-state index contributed by atoms with van der Waals surface area (Å²) in [6.07, 6.45) is -1.29. The lowest BCUT2D eigenvalue weighted by Crippen LogP contribution is -2.21. The maximum atomic E-state index is 12.5. The number of benzene rings is 1. The number of aryl methyl sites for hydroxylation is 1. The predicted octanol–water partition coefficient (Wildman–Crippen LogP) is 2.14. The van der Waals surface area contributed by atoms with Gasteiger partial charge in [-0.3, -0.25) is 0 Å². The van der Waals surface area contributed by atoms with E-state index in [4.69, 9.17) is 21.1 Å². The fraction of sp³-hybridized carbons (Fsp3) is 0.308. The van der Waals surface area contributed by atoms with Crippen LogP contribution < -0.4 is 0 Å². The molecule has 0 amide bonds. The largest absolute Gasteiger partial charge is 0.426 e. The van der Waals surface area contributed by atoms with Crippen LogP contribution in [0.1, 0.15) is 12.5 Å². The van der Waals surface area contributed by atoms with Gasteiger partial charge in [-0.1, -0.05) is 29.3 Å². The van der Waals surface area contributed by atoms with E-state index in [9.17, 15) is 13.2 Å². The lowest BCUT2D eigenvalue weighted by molar-refractivity contribution is -0.157. The lowest BCUT2D eigenvalue weighted by Gasteiger charge is -2.14. The molecule has 1 heterocycles. The van der Waals surface area contributed by atoms with Crippen LogP contribution in [-0.4, -0.2) is 27.3 Å². The Balaban J connectivity index is 2.51. The summed E-state index contributed by atoms with van der Waals surface area (Å²) in [5, 5.41) is -0.455. The molecule has 0 bridgehead atoms. The van der Waals surface area contributed by atoms with Crippen molar-refractivity contribution in [3.63, 3.8) is 0 Å². The number of carbonyl (C=O) groups is 1. The Morgan fingerprint density at radius 2 is 1.90 bits per heavy atom. The van der Waals surface area contributed by atoms with Gasteiger partial charge in [-0.25, -0.2) is 13.2 Å². The maximum absolute atomic E-state index is 12.5. The molecule has 0 spiro atoms. The SMILES string of the molecule is CCOC1OC(=O)C(Cl)=C1S(=O)(=O)c1ccc(C)cc1. The monoisotopic (exact) mass is 316 g/mol. The normalized spacial score (nSPS) is 19.4. The Kier molecular flexibility index (Phi) is 4.17. The molecule has 0 saturated carbocycles. The summed E-state index contributed by atoms with van der Waals surface area (Å²) in [6, 6.07) is 6.23. The molecule has 0 aliphatic carbocycles. The number of halogens is 1. The van der Waals surface area contributed by atoms with Crippen LogP contribution in [0.15, 0.2) is 39.1 Å². The molecule has 0 saturated heterocycles. The minimum Gasteiger partial charge on any atom is -0.426 e. The molecule has 1 aliphatic rings. The van der Waals surface area contributed by atoms with Gasteiger partial charge in [0.2, 0.25) is 16.1 Å². The number of ether oxygens (including phenoxy) is 2. The molecule has 1 aliphatic heterocycles. The van der Waals surface area contributed by atoms with Crippen LogP contribution in [0.2, 0.25) is 0 Å². The van der Waals surface area contributed by atoms with Gasteiger partial charge in [0.15, 0.2) is 0 Å². The minimum absolute atomic E-state index is 0.0410. The molecule has 1 aromatic carbocycles. The second-order valence-electron chi connectivity index (χ2n) is 4.19. The fourth-order valence-electron chi connectivity index (χ4n) is 1.76. The van der Waals surface area contributed by atoms with E-state index in [2.05, 4.69) is 0 Å². The molecule has 2 rings (SSSR count). The van der Waals surface area contributed by atoms with Crippen LogP contribution in [0.4, 0.5) is 0 Å². The zero-order valence-corrected chi connectivity index (χ0v) is 12.5. The molecular formula is C13H13ClO5S. The van der Waals surface area contributed by atoms with E-state index in [1.807, 2.05) is 6.92 Å². The first-order valence-corrected chi connectivity index (χ1v) is 7.78. The summed E-state index contributed by atoms with van der Waals surface area (Å²) >= 11 is 5.77. The summed E-state index contributed by atoms with van der Waals surface area (Å²) in [4.78, 5) is 11.1. The van der Waals surface area contributed by atoms with Gasteiger partial charge in [0.05, 0.1) is 4.90 Å². The number of rotatable bonds is 4. The standard InChI is InChI=1S/C13H13ClO5S/c1-3-18-13-11(10(14)12(15)19-13)20(16,17)9-6-4-8(2)5-7-9/h4-7,13H,3H2,1-2H3. The van der Waals surface area contributed by atoms with Gasteiger partial charge in [0.1, 0.15) is 9.94 Å². The lowest BCUT2D eigenvalue weighted by atomic mass is 10.2. The topological polar surface area (TPSA) is 69.7 Å². The molecule has 5 nitrogen and oxygen atoms in total. The van der Waals surface area contributed by atoms with Gasteiger partial charge in [-0.05, 0) is 26.0 Å². The molecule has 0 radical (unpaired) electrons. The number of sulfone groups is 1. The summed E-state index contributed by atoms with van der Waals surface area (Å²) in [5.41, 5.74) is 0.920. The van der Waals surface area contributed by atoms with Crippen molar-refractivity contribution in [1.82, 2.24) is 0 Å². The van der Waals surface area contributed by atoms with Crippen molar-refractivity contribution in [2.24, 2.45) is 0 Å². The fourth-order valence-corrected chi connectivity index (χ4v) is 3.63. The van der Waals surface area contributed by atoms with Crippen molar-refractivity contribution in [1.29, 1.82) is 0 Å². The molecule has 7 heteroatoms. The summed E-state index contributed by atoms with van der Waals surface area (Å²) < 4.78 is 35.0. The van der Waals surface area contributed by atoms with E-state index in [-0.39, 0.29) is 16.4 Å². The smallest absolute Gasteiger partial charge is 0.353 e. The van der Waals surface area contributed by atoms with Crippen LogP contribution in [-0.2, 0) is 24.1 Å². The van der Waals surface area contributed by atoms with Crippen molar-refractivity contribution >= 4 is 27.4 Å². The van der Waals surface area contributed by atoms with Gasteiger partial charge in [-0.15, -0.1) is 0 Å². The van der Waals surface area contributed by atoms with E-state index in [0.29, 0.717) is 0 Å². The van der Waals surface area contributed by atoms with Gasteiger partial charge in [0.25, 0.3) is 0 Å². The average molecular weight is 317 g/mol. The first kappa shape index (κ1) is 15.0. The van der Waals surface area contributed by atoms with Crippen molar-refractivity contribution < 1.29 is 22.7 Å². The highest BCUT2D eigenvalue weighted by Crippen LogP contribution is 2.34. The quantitative estimate of drug-likeness (QED) is 0.796. The molecule has 20 heavy (non-hydrogen) atoms. The molecular weight excluding hydrogens is 304 g/mol. The van der Waals surface area contributed by atoms with E-state index in [0.717, 1.165) is 5.56 Å². The predicted molar refractivity (Wildman–Crippen MR) is 72.7 cm³/mol. The number of hydrogen-bond acceptors (Lipinski definition) is 5. The van der Waals surface area contributed by atoms with Gasteiger partial charge in [-0.2, -0.15) is 0 Å². The highest BCUT2D eigenvalue weighted by atomic mass is 35.5. The molecule has 1 atom stereocenters. The zero-order chi connectivity index (χ0) is 14.9. The third kappa shape index (κ3) is 2.59. The third-order valence-electron chi connectivity index (χ3n) is 2.76.